The van der Waals surface area contributed by atoms with Gasteiger partial charge in [-0.15, -0.1) is 0 Å². The Morgan fingerprint density at radius 2 is 1.36 bits per heavy atom. The van der Waals surface area contributed by atoms with Crippen molar-refractivity contribution in [1.29, 1.82) is 0 Å². The van der Waals surface area contributed by atoms with Crippen LogP contribution in [0.1, 0.15) is 6.92 Å². The second-order valence-corrected chi connectivity index (χ2v) is 5.69. The Hall–Kier alpha value is -1.82. The number of carbonyl (C=O) groups excluding carboxylic acids is 1. The topological polar surface area (TPSA) is 53.2 Å². The van der Waals surface area contributed by atoms with E-state index in [9.17, 15) is 4.79 Å². The van der Waals surface area contributed by atoms with Gasteiger partial charge in [0.1, 0.15) is 0 Å². The van der Waals surface area contributed by atoms with E-state index in [0.29, 0.717) is 15.2 Å². The lowest BCUT2D eigenvalue weighted by atomic mass is 10.3. The average Bonchev–Trinajstić information content (AvgIpc) is 2.44. The predicted molar refractivity (Wildman–Crippen MR) is 97.1 cm³/mol. The maximum atomic E-state index is 11.0. The van der Waals surface area contributed by atoms with Gasteiger partial charge in [0.2, 0.25) is 5.91 Å². The molecule has 0 bridgehead atoms. The highest BCUT2D eigenvalue weighted by Gasteiger charge is 2.03. The normalized spacial score (nSPS) is 9.95. The van der Waals surface area contributed by atoms with E-state index in [1.165, 1.54) is 6.92 Å². The number of hydrogen-bond donors (Lipinski definition) is 3. The predicted octanol–water partition coefficient (Wildman–Crippen LogP) is 4.76. The summed E-state index contributed by atoms with van der Waals surface area (Å²) in [6.45, 7) is 1.46. The molecule has 2 rings (SSSR count). The van der Waals surface area contributed by atoms with Crippen molar-refractivity contribution in [2.45, 2.75) is 6.92 Å². The van der Waals surface area contributed by atoms with Crippen molar-refractivity contribution in [3.8, 4) is 0 Å². The minimum absolute atomic E-state index is 0.113. The quantitative estimate of drug-likeness (QED) is 0.696. The number of anilines is 3. The van der Waals surface area contributed by atoms with Gasteiger partial charge in [0, 0.05) is 24.0 Å². The molecule has 0 fully saturated rings. The van der Waals surface area contributed by atoms with Crippen LogP contribution in [0.15, 0.2) is 42.5 Å². The van der Waals surface area contributed by atoms with Gasteiger partial charge < -0.3 is 16.0 Å². The summed E-state index contributed by atoms with van der Waals surface area (Å²) < 4.78 is 0. The lowest BCUT2D eigenvalue weighted by Crippen LogP contribution is -2.19. The summed E-state index contributed by atoms with van der Waals surface area (Å²) in [7, 11) is 0. The average molecular weight is 354 g/mol. The molecule has 0 atom stereocenters. The lowest BCUT2D eigenvalue weighted by Gasteiger charge is -2.11. The van der Waals surface area contributed by atoms with E-state index in [1.54, 1.807) is 30.3 Å². The van der Waals surface area contributed by atoms with Gasteiger partial charge in [-0.2, -0.15) is 0 Å². The fourth-order valence-electron chi connectivity index (χ4n) is 1.71. The van der Waals surface area contributed by atoms with Gasteiger partial charge in [-0.25, -0.2) is 0 Å². The molecule has 0 aromatic heterocycles. The van der Waals surface area contributed by atoms with E-state index in [-0.39, 0.29) is 5.91 Å². The minimum Gasteiger partial charge on any atom is -0.332 e. The van der Waals surface area contributed by atoms with E-state index in [4.69, 9.17) is 35.4 Å². The maximum absolute atomic E-state index is 11.0. The first-order chi connectivity index (χ1) is 10.4. The van der Waals surface area contributed by atoms with E-state index < -0.39 is 0 Å². The smallest absolute Gasteiger partial charge is 0.221 e. The van der Waals surface area contributed by atoms with Gasteiger partial charge in [0.15, 0.2) is 5.11 Å². The Morgan fingerprint density at radius 1 is 0.864 bits per heavy atom. The Kier molecular flexibility index (Phi) is 5.60. The summed E-state index contributed by atoms with van der Waals surface area (Å²) in [6, 6.07) is 12.4. The van der Waals surface area contributed by atoms with E-state index in [0.717, 1.165) is 17.1 Å². The van der Waals surface area contributed by atoms with Crippen molar-refractivity contribution in [2.75, 3.05) is 16.0 Å². The van der Waals surface area contributed by atoms with Crippen LogP contribution < -0.4 is 16.0 Å². The zero-order chi connectivity index (χ0) is 16.1. The SMILES string of the molecule is CC(=O)Nc1ccc(NC(=S)Nc2ccc(Cl)c(Cl)c2)cc1. The monoisotopic (exact) mass is 353 g/mol. The number of halogens is 2. The molecule has 0 aliphatic carbocycles. The largest absolute Gasteiger partial charge is 0.332 e. The zero-order valence-electron chi connectivity index (χ0n) is 11.6. The molecule has 0 radical (unpaired) electrons. The molecule has 1 amide bonds. The van der Waals surface area contributed by atoms with Crippen molar-refractivity contribution in [2.24, 2.45) is 0 Å². The molecule has 4 nitrogen and oxygen atoms in total. The summed E-state index contributed by atoms with van der Waals surface area (Å²) in [5, 5.41) is 10.1. The summed E-state index contributed by atoms with van der Waals surface area (Å²) in [5.74, 6) is -0.113. The fourth-order valence-corrected chi connectivity index (χ4v) is 2.24. The molecule has 0 aliphatic heterocycles. The van der Waals surface area contributed by atoms with Gasteiger partial charge in [-0.3, -0.25) is 4.79 Å². The van der Waals surface area contributed by atoms with Crippen LogP contribution in [0.5, 0.6) is 0 Å². The van der Waals surface area contributed by atoms with Crippen LogP contribution >= 0.6 is 35.4 Å². The first-order valence-corrected chi connectivity index (χ1v) is 7.51. The molecule has 114 valence electrons. The van der Waals surface area contributed by atoms with Gasteiger partial charge in [-0.05, 0) is 54.7 Å². The van der Waals surface area contributed by atoms with Crippen LogP contribution in [0, 0.1) is 0 Å². The van der Waals surface area contributed by atoms with Crippen LogP contribution in [-0.4, -0.2) is 11.0 Å². The molecule has 0 saturated carbocycles. The maximum Gasteiger partial charge on any atom is 0.221 e. The summed E-state index contributed by atoms with van der Waals surface area (Å²) in [5.41, 5.74) is 2.26. The Bertz CT molecular complexity index is 704. The fraction of sp³-hybridized carbons (Fsp3) is 0.0667. The number of rotatable bonds is 3. The molecule has 3 N–H and O–H groups in total. The molecule has 2 aromatic rings. The van der Waals surface area contributed by atoms with E-state index >= 15 is 0 Å². The minimum atomic E-state index is -0.113. The highest BCUT2D eigenvalue weighted by atomic mass is 35.5. The lowest BCUT2D eigenvalue weighted by molar-refractivity contribution is -0.114. The summed E-state index contributed by atoms with van der Waals surface area (Å²) >= 11 is 17.0. The van der Waals surface area contributed by atoms with Gasteiger partial charge in [0.05, 0.1) is 10.0 Å². The number of nitrogens with one attached hydrogen (secondary N) is 3. The van der Waals surface area contributed by atoms with Gasteiger partial charge in [-0.1, -0.05) is 23.2 Å². The standard InChI is InChI=1S/C15H13Cl2N3OS/c1-9(21)18-10-2-4-11(5-3-10)19-15(22)20-12-6-7-13(16)14(17)8-12/h2-8H,1H3,(H,18,21)(H2,19,20,22). The highest BCUT2D eigenvalue weighted by Crippen LogP contribution is 2.25. The van der Waals surface area contributed by atoms with Crippen molar-refractivity contribution < 1.29 is 4.79 Å². The zero-order valence-corrected chi connectivity index (χ0v) is 13.9. The highest BCUT2D eigenvalue weighted by molar-refractivity contribution is 7.80. The van der Waals surface area contributed by atoms with Crippen LogP contribution in [0.3, 0.4) is 0 Å². The molecule has 0 unspecified atom stereocenters. The third-order valence-electron chi connectivity index (χ3n) is 2.64. The number of benzene rings is 2. The Morgan fingerprint density at radius 3 is 1.91 bits per heavy atom. The number of thiocarbonyl (C=S) groups is 1. The third kappa shape index (κ3) is 4.87. The van der Waals surface area contributed by atoms with Gasteiger partial charge in [0.25, 0.3) is 0 Å². The number of carbonyl (C=O) groups is 1. The molecule has 0 heterocycles. The Labute approximate surface area is 143 Å². The van der Waals surface area contributed by atoms with Crippen molar-refractivity contribution in [3.05, 3.63) is 52.5 Å². The number of amides is 1. The first-order valence-electron chi connectivity index (χ1n) is 6.35. The second-order valence-electron chi connectivity index (χ2n) is 4.47. The molecule has 7 heteroatoms. The van der Waals surface area contributed by atoms with E-state index in [2.05, 4.69) is 16.0 Å². The van der Waals surface area contributed by atoms with E-state index in [1.807, 2.05) is 12.1 Å². The van der Waals surface area contributed by atoms with Crippen LogP contribution in [0.2, 0.25) is 10.0 Å². The second kappa shape index (κ2) is 7.45. The molecular weight excluding hydrogens is 341 g/mol. The van der Waals surface area contributed by atoms with Crippen molar-refractivity contribution >= 4 is 63.5 Å². The number of hydrogen-bond acceptors (Lipinski definition) is 2. The molecular formula is C15H13Cl2N3OS. The third-order valence-corrected chi connectivity index (χ3v) is 3.58. The van der Waals surface area contributed by atoms with Crippen molar-refractivity contribution in [1.82, 2.24) is 0 Å². The summed E-state index contributed by atoms with van der Waals surface area (Å²) in [6.07, 6.45) is 0. The Balaban J connectivity index is 1.96. The molecule has 0 saturated heterocycles. The molecule has 0 aliphatic rings. The van der Waals surface area contributed by atoms with Gasteiger partial charge >= 0.3 is 0 Å². The van der Waals surface area contributed by atoms with Crippen molar-refractivity contribution in [3.63, 3.8) is 0 Å². The first kappa shape index (κ1) is 16.5. The molecule has 22 heavy (non-hydrogen) atoms. The van der Waals surface area contributed by atoms with Crippen LogP contribution in [0.4, 0.5) is 17.1 Å². The van der Waals surface area contributed by atoms with Crippen LogP contribution in [0.25, 0.3) is 0 Å². The van der Waals surface area contributed by atoms with Crippen LogP contribution in [-0.2, 0) is 4.79 Å². The molecule has 2 aromatic carbocycles. The molecule has 0 spiro atoms. The summed E-state index contributed by atoms with van der Waals surface area (Å²) in [4.78, 5) is 11.0.